The van der Waals surface area contributed by atoms with Crippen LogP contribution in [0.25, 0.3) is 0 Å². The van der Waals surface area contributed by atoms with E-state index in [9.17, 15) is 4.79 Å². The van der Waals surface area contributed by atoms with Crippen molar-refractivity contribution in [1.29, 1.82) is 0 Å². The van der Waals surface area contributed by atoms with E-state index >= 15 is 0 Å². The quantitative estimate of drug-likeness (QED) is 0.884. The van der Waals surface area contributed by atoms with Gasteiger partial charge in [0.05, 0.1) is 17.8 Å². The average Bonchev–Trinajstić information content (AvgIpc) is 3.20. The number of hydrogen-bond acceptors (Lipinski definition) is 4. The second-order valence-corrected chi connectivity index (χ2v) is 7.47. The maximum atomic E-state index is 12.5. The molecule has 1 aliphatic carbocycles. The van der Waals surface area contributed by atoms with E-state index in [0.717, 1.165) is 39.0 Å². The molecule has 132 valence electrons. The van der Waals surface area contributed by atoms with Crippen molar-refractivity contribution in [2.45, 2.75) is 63.6 Å². The molecule has 1 aromatic heterocycles. The Balaban J connectivity index is 1.36. The van der Waals surface area contributed by atoms with E-state index in [0.29, 0.717) is 12.5 Å². The molecular weight excluding hydrogens is 304 g/mol. The topological polar surface area (TPSA) is 59.4 Å². The molecule has 0 aromatic carbocycles. The van der Waals surface area contributed by atoms with Gasteiger partial charge in [0, 0.05) is 51.3 Å². The minimum atomic E-state index is -0.120. The third-order valence-electron chi connectivity index (χ3n) is 5.72. The summed E-state index contributed by atoms with van der Waals surface area (Å²) < 4.78 is 7.88. The van der Waals surface area contributed by atoms with Crippen LogP contribution in [0.3, 0.4) is 0 Å². The van der Waals surface area contributed by atoms with Gasteiger partial charge >= 0.3 is 0 Å². The molecule has 3 heterocycles. The summed E-state index contributed by atoms with van der Waals surface area (Å²) in [5.41, 5.74) is 2.53. The Bertz CT molecular complexity index is 617. The number of nitrogens with one attached hydrogen (secondary N) is 1. The second kappa shape index (κ2) is 6.48. The number of amides is 1. The summed E-state index contributed by atoms with van der Waals surface area (Å²) >= 11 is 0. The zero-order valence-electron chi connectivity index (χ0n) is 14.8. The number of nitrogens with zero attached hydrogens (tertiary/aromatic N) is 3. The Kier molecular flexibility index (Phi) is 4.35. The van der Waals surface area contributed by atoms with Gasteiger partial charge in [-0.05, 0) is 32.6 Å². The molecule has 0 radical (unpaired) electrons. The monoisotopic (exact) mass is 332 g/mol. The maximum Gasteiger partial charge on any atom is 0.237 e. The first kappa shape index (κ1) is 16.1. The number of hydrogen-bond donors (Lipinski definition) is 1. The van der Waals surface area contributed by atoms with Crippen molar-refractivity contribution in [2.24, 2.45) is 7.05 Å². The minimum absolute atomic E-state index is 0.104. The van der Waals surface area contributed by atoms with Crippen LogP contribution in [0.5, 0.6) is 0 Å². The van der Waals surface area contributed by atoms with E-state index in [4.69, 9.17) is 9.72 Å². The van der Waals surface area contributed by atoms with Gasteiger partial charge in [0.1, 0.15) is 5.82 Å². The number of fused-ring (bicyclic) bond motifs is 1. The van der Waals surface area contributed by atoms with Gasteiger partial charge in [0.2, 0.25) is 5.91 Å². The van der Waals surface area contributed by atoms with Crippen LogP contribution < -0.4 is 5.32 Å². The van der Waals surface area contributed by atoms with Crippen molar-refractivity contribution in [3.8, 4) is 0 Å². The Hall–Kier alpha value is -1.40. The number of aromatic nitrogens is 2. The Morgan fingerprint density at radius 2 is 2.25 bits per heavy atom. The molecule has 2 atom stereocenters. The Morgan fingerprint density at radius 3 is 2.96 bits per heavy atom. The van der Waals surface area contributed by atoms with E-state index in [1.165, 1.54) is 30.1 Å². The molecule has 3 aliphatic rings. The van der Waals surface area contributed by atoms with Crippen LogP contribution in [-0.4, -0.2) is 52.2 Å². The van der Waals surface area contributed by atoms with Gasteiger partial charge in [0.15, 0.2) is 0 Å². The summed E-state index contributed by atoms with van der Waals surface area (Å²) in [7, 11) is 2.15. The Labute approximate surface area is 143 Å². The van der Waals surface area contributed by atoms with Crippen LogP contribution in [-0.2, 0) is 29.5 Å². The fourth-order valence-corrected chi connectivity index (χ4v) is 3.94. The first-order chi connectivity index (χ1) is 11.6. The third kappa shape index (κ3) is 3.09. The highest BCUT2D eigenvalue weighted by Gasteiger charge is 2.33. The molecule has 1 aromatic rings. The highest BCUT2D eigenvalue weighted by molar-refractivity contribution is 5.81. The number of ether oxygens (including phenoxy) is 1. The predicted molar refractivity (Wildman–Crippen MR) is 90.7 cm³/mol. The van der Waals surface area contributed by atoms with E-state index in [2.05, 4.69) is 21.8 Å². The normalized spacial score (nSPS) is 25.5. The zero-order chi connectivity index (χ0) is 16.7. The van der Waals surface area contributed by atoms with E-state index in [1.807, 2.05) is 6.92 Å². The van der Waals surface area contributed by atoms with Gasteiger partial charge in [0.25, 0.3) is 0 Å². The van der Waals surface area contributed by atoms with Crippen molar-refractivity contribution in [2.75, 3.05) is 19.7 Å². The van der Waals surface area contributed by atoms with Crippen LogP contribution in [0.1, 0.15) is 55.7 Å². The zero-order valence-corrected chi connectivity index (χ0v) is 14.8. The van der Waals surface area contributed by atoms with Crippen LogP contribution in [0.15, 0.2) is 0 Å². The standard InChI is InChI=1S/C18H28N4O2/c1-12(18(23)19-10-14-4-3-9-24-14)22-8-7-16-15(11-22)20-17(21(16)2)13-5-6-13/h12-14H,3-11H2,1-2H3,(H,19,23). The fraction of sp³-hybridized carbons (Fsp3) is 0.778. The molecule has 1 saturated carbocycles. The molecule has 2 unspecified atom stereocenters. The van der Waals surface area contributed by atoms with Crippen LogP contribution >= 0.6 is 0 Å². The summed E-state index contributed by atoms with van der Waals surface area (Å²) in [5.74, 6) is 2.02. The molecule has 6 nitrogen and oxygen atoms in total. The predicted octanol–water partition coefficient (Wildman–Crippen LogP) is 1.34. The van der Waals surface area contributed by atoms with Crippen molar-refractivity contribution in [3.05, 3.63) is 17.2 Å². The van der Waals surface area contributed by atoms with Crippen molar-refractivity contribution in [3.63, 3.8) is 0 Å². The minimum Gasteiger partial charge on any atom is -0.376 e. The van der Waals surface area contributed by atoms with E-state index in [1.54, 1.807) is 0 Å². The molecule has 24 heavy (non-hydrogen) atoms. The van der Waals surface area contributed by atoms with Gasteiger partial charge in [-0.2, -0.15) is 0 Å². The van der Waals surface area contributed by atoms with Crippen molar-refractivity contribution in [1.82, 2.24) is 19.8 Å². The number of rotatable bonds is 5. The molecule has 0 spiro atoms. The SMILES string of the molecule is CC(C(=O)NCC1CCCO1)N1CCc2c(nc(C3CC3)n2C)C1. The average molecular weight is 332 g/mol. The lowest BCUT2D eigenvalue weighted by molar-refractivity contribution is -0.126. The summed E-state index contributed by atoms with van der Waals surface area (Å²) in [6.45, 7) is 5.17. The molecule has 0 bridgehead atoms. The number of carbonyl (C=O) groups is 1. The van der Waals surface area contributed by atoms with Crippen molar-refractivity contribution >= 4 is 5.91 Å². The van der Waals surface area contributed by atoms with Crippen LogP contribution in [0.4, 0.5) is 0 Å². The molecule has 1 saturated heterocycles. The molecule has 2 aliphatic heterocycles. The van der Waals surface area contributed by atoms with Gasteiger partial charge < -0.3 is 14.6 Å². The highest BCUT2D eigenvalue weighted by atomic mass is 16.5. The van der Waals surface area contributed by atoms with Gasteiger partial charge in [-0.25, -0.2) is 4.98 Å². The smallest absolute Gasteiger partial charge is 0.237 e. The fourth-order valence-electron chi connectivity index (χ4n) is 3.94. The van der Waals surface area contributed by atoms with Crippen LogP contribution in [0.2, 0.25) is 0 Å². The molecule has 4 rings (SSSR count). The van der Waals surface area contributed by atoms with Gasteiger partial charge in [-0.15, -0.1) is 0 Å². The van der Waals surface area contributed by atoms with Crippen molar-refractivity contribution < 1.29 is 9.53 Å². The largest absolute Gasteiger partial charge is 0.376 e. The highest BCUT2D eigenvalue weighted by Crippen LogP contribution is 2.40. The third-order valence-corrected chi connectivity index (χ3v) is 5.72. The maximum absolute atomic E-state index is 12.5. The van der Waals surface area contributed by atoms with E-state index in [-0.39, 0.29) is 18.1 Å². The number of carbonyl (C=O) groups excluding carboxylic acids is 1. The summed E-state index contributed by atoms with van der Waals surface area (Å²) in [6.07, 6.45) is 5.89. The summed E-state index contributed by atoms with van der Waals surface area (Å²) in [6, 6.07) is -0.120. The lowest BCUT2D eigenvalue weighted by atomic mass is 10.1. The molecular formula is C18H28N4O2. The van der Waals surface area contributed by atoms with Crippen LogP contribution in [0, 0.1) is 0 Å². The Morgan fingerprint density at radius 1 is 1.42 bits per heavy atom. The molecule has 2 fully saturated rings. The first-order valence-electron chi connectivity index (χ1n) is 9.31. The number of imidazole rings is 1. The summed E-state index contributed by atoms with van der Waals surface area (Å²) in [5, 5.41) is 3.06. The van der Waals surface area contributed by atoms with Gasteiger partial charge in [-0.3, -0.25) is 9.69 Å². The first-order valence-corrected chi connectivity index (χ1v) is 9.31. The molecule has 1 N–H and O–H groups in total. The summed E-state index contributed by atoms with van der Waals surface area (Å²) in [4.78, 5) is 19.6. The van der Waals surface area contributed by atoms with E-state index < -0.39 is 0 Å². The molecule has 6 heteroatoms. The lowest BCUT2D eigenvalue weighted by Crippen LogP contribution is -2.48. The van der Waals surface area contributed by atoms with Gasteiger partial charge in [-0.1, -0.05) is 0 Å². The second-order valence-electron chi connectivity index (χ2n) is 7.47. The molecule has 1 amide bonds. The lowest BCUT2D eigenvalue weighted by Gasteiger charge is -2.31.